The minimum absolute atomic E-state index is 0.186. The second kappa shape index (κ2) is 7.90. The van der Waals surface area contributed by atoms with Crippen LogP contribution in [0.3, 0.4) is 0 Å². The summed E-state index contributed by atoms with van der Waals surface area (Å²) >= 11 is 0. The molecule has 4 nitrogen and oxygen atoms in total. The standard InChI is InChI=1S/C19H26FN3O/c1-15(2)23-14-21-11-19(23)13-22(18-7-9-24-10-8-18)12-16-3-5-17(20)6-4-16/h3-6,11,14-15,18H,7-10,12-13H2,1-2H3. The summed E-state index contributed by atoms with van der Waals surface area (Å²) in [6.45, 7) is 7.63. The van der Waals surface area contributed by atoms with Gasteiger partial charge in [-0.1, -0.05) is 12.1 Å². The van der Waals surface area contributed by atoms with Crippen LogP contribution in [0.2, 0.25) is 0 Å². The predicted molar refractivity (Wildman–Crippen MR) is 92.1 cm³/mol. The summed E-state index contributed by atoms with van der Waals surface area (Å²) in [6, 6.07) is 7.71. The van der Waals surface area contributed by atoms with Crippen LogP contribution in [0, 0.1) is 5.82 Å². The molecule has 0 N–H and O–H groups in total. The molecule has 1 fully saturated rings. The topological polar surface area (TPSA) is 30.3 Å². The molecule has 0 spiro atoms. The Labute approximate surface area is 143 Å². The van der Waals surface area contributed by atoms with Crippen molar-refractivity contribution in [2.75, 3.05) is 13.2 Å². The maximum Gasteiger partial charge on any atom is 0.123 e. The van der Waals surface area contributed by atoms with Gasteiger partial charge < -0.3 is 9.30 Å². The molecule has 5 heteroatoms. The third-order valence-electron chi connectivity index (χ3n) is 4.67. The summed E-state index contributed by atoms with van der Waals surface area (Å²) in [7, 11) is 0. The lowest BCUT2D eigenvalue weighted by atomic mass is 10.1. The third-order valence-corrected chi connectivity index (χ3v) is 4.67. The van der Waals surface area contributed by atoms with Crippen LogP contribution in [0.15, 0.2) is 36.8 Å². The number of benzene rings is 1. The van der Waals surface area contributed by atoms with Crippen LogP contribution in [-0.4, -0.2) is 33.7 Å². The average molecular weight is 331 g/mol. The number of ether oxygens (including phenoxy) is 1. The number of hydrogen-bond acceptors (Lipinski definition) is 3. The summed E-state index contributed by atoms with van der Waals surface area (Å²) in [6.07, 6.45) is 5.94. The Morgan fingerprint density at radius 3 is 2.58 bits per heavy atom. The molecule has 0 aliphatic carbocycles. The second-order valence-corrected chi connectivity index (χ2v) is 6.76. The normalized spacial score (nSPS) is 16.2. The van der Waals surface area contributed by atoms with E-state index in [4.69, 9.17) is 4.74 Å². The summed E-state index contributed by atoms with van der Waals surface area (Å²) < 4.78 is 20.9. The molecule has 1 aliphatic heterocycles. The monoisotopic (exact) mass is 331 g/mol. The fraction of sp³-hybridized carbons (Fsp3) is 0.526. The SMILES string of the molecule is CC(C)n1cncc1CN(Cc1ccc(F)cc1)C1CCOCC1. The molecule has 130 valence electrons. The number of halogens is 1. The van der Waals surface area contributed by atoms with E-state index in [-0.39, 0.29) is 5.82 Å². The van der Waals surface area contributed by atoms with Crippen molar-refractivity contribution < 1.29 is 9.13 Å². The molecule has 1 aliphatic rings. The number of imidazole rings is 1. The summed E-state index contributed by atoms with van der Waals surface area (Å²) in [5.74, 6) is -0.186. The van der Waals surface area contributed by atoms with Crippen molar-refractivity contribution in [2.24, 2.45) is 0 Å². The Bertz CT molecular complexity index is 632. The van der Waals surface area contributed by atoms with Crippen molar-refractivity contribution in [1.29, 1.82) is 0 Å². The fourth-order valence-electron chi connectivity index (χ4n) is 3.32. The molecule has 0 saturated carbocycles. The molecule has 24 heavy (non-hydrogen) atoms. The Morgan fingerprint density at radius 2 is 1.92 bits per heavy atom. The van der Waals surface area contributed by atoms with Gasteiger partial charge in [0.2, 0.25) is 0 Å². The van der Waals surface area contributed by atoms with Crippen molar-refractivity contribution >= 4 is 0 Å². The quantitative estimate of drug-likeness (QED) is 0.807. The Morgan fingerprint density at radius 1 is 1.21 bits per heavy atom. The zero-order valence-electron chi connectivity index (χ0n) is 14.5. The van der Waals surface area contributed by atoms with Crippen molar-refractivity contribution in [3.63, 3.8) is 0 Å². The molecule has 0 radical (unpaired) electrons. The van der Waals surface area contributed by atoms with Crippen LogP contribution in [0.5, 0.6) is 0 Å². The first-order valence-electron chi connectivity index (χ1n) is 8.70. The number of hydrogen-bond donors (Lipinski definition) is 0. The van der Waals surface area contributed by atoms with Gasteiger partial charge in [-0.25, -0.2) is 9.37 Å². The van der Waals surface area contributed by atoms with Crippen LogP contribution < -0.4 is 0 Å². The highest BCUT2D eigenvalue weighted by Gasteiger charge is 2.23. The third kappa shape index (κ3) is 4.22. The molecule has 0 atom stereocenters. The van der Waals surface area contributed by atoms with E-state index < -0.39 is 0 Å². The van der Waals surface area contributed by atoms with Crippen molar-refractivity contribution in [1.82, 2.24) is 14.5 Å². The van der Waals surface area contributed by atoms with Gasteiger partial charge in [-0.3, -0.25) is 4.90 Å². The highest BCUT2D eigenvalue weighted by molar-refractivity contribution is 5.16. The maximum absolute atomic E-state index is 13.2. The van der Waals surface area contributed by atoms with Crippen LogP contribution in [0.1, 0.15) is 44.0 Å². The molecule has 0 bridgehead atoms. The van der Waals surface area contributed by atoms with E-state index in [1.54, 1.807) is 0 Å². The number of rotatable bonds is 6. The van der Waals surface area contributed by atoms with Crippen molar-refractivity contribution in [2.45, 2.75) is 51.9 Å². The van der Waals surface area contributed by atoms with Gasteiger partial charge in [0.1, 0.15) is 5.82 Å². The fourth-order valence-corrected chi connectivity index (χ4v) is 3.32. The molecule has 1 aromatic carbocycles. The van der Waals surface area contributed by atoms with Crippen LogP contribution in [0.25, 0.3) is 0 Å². The van der Waals surface area contributed by atoms with E-state index in [0.29, 0.717) is 12.1 Å². The van der Waals surface area contributed by atoms with Crippen LogP contribution in [0.4, 0.5) is 4.39 Å². The van der Waals surface area contributed by atoms with Gasteiger partial charge >= 0.3 is 0 Å². The van der Waals surface area contributed by atoms with Gasteiger partial charge in [-0.2, -0.15) is 0 Å². The summed E-state index contributed by atoms with van der Waals surface area (Å²) in [4.78, 5) is 6.80. The lowest BCUT2D eigenvalue weighted by molar-refractivity contribution is 0.0268. The molecule has 2 heterocycles. The van der Waals surface area contributed by atoms with E-state index in [1.807, 2.05) is 24.7 Å². The highest BCUT2D eigenvalue weighted by atomic mass is 19.1. The van der Waals surface area contributed by atoms with Gasteiger partial charge in [0.25, 0.3) is 0 Å². The molecular weight excluding hydrogens is 305 g/mol. The van der Waals surface area contributed by atoms with E-state index in [1.165, 1.54) is 17.8 Å². The van der Waals surface area contributed by atoms with Gasteiger partial charge in [-0.15, -0.1) is 0 Å². The second-order valence-electron chi connectivity index (χ2n) is 6.76. The lowest BCUT2D eigenvalue weighted by Crippen LogP contribution is -2.39. The first kappa shape index (κ1) is 17.1. The van der Waals surface area contributed by atoms with E-state index in [9.17, 15) is 4.39 Å². The first-order chi connectivity index (χ1) is 11.6. The zero-order chi connectivity index (χ0) is 16.9. The van der Waals surface area contributed by atoms with Gasteiger partial charge in [0, 0.05) is 44.6 Å². The van der Waals surface area contributed by atoms with Crippen LogP contribution >= 0.6 is 0 Å². The predicted octanol–water partition coefficient (Wildman–Crippen LogP) is 3.78. The molecule has 1 aromatic heterocycles. The minimum Gasteiger partial charge on any atom is -0.381 e. The minimum atomic E-state index is -0.186. The number of nitrogens with zero attached hydrogens (tertiary/aromatic N) is 3. The Kier molecular flexibility index (Phi) is 5.63. The number of aromatic nitrogens is 2. The maximum atomic E-state index is 13.2. The van der Waals surface area contributed by atoms with Crippen molar-refractivity contribution in [3.8, 4) is 0 Å². The summed E-state index contributed by atoms with van der Waals surface area (Å²) in [5.41, 5.74) is 2.36. The Balaban J connectivity index is 1.78. The lowest BCUT2D eigenvalue weighted by Gasteiger charge is -2.34. The average Bonchev–Trinajstić information content (AvgIpc) is 3.05. The highest BCUT2D eigenvalue weighted by Crippen LogP contribution is 2.21. The van der Waals surface area contributed by atoms with E-state index in [2.05, 4.69) is 28.3 Å². The molecule has 1 saturated heterocycles. The zero-order valence-corrected chi connectivity index (χ0v) is 14.5. The summed E-state index contributed by atoms with van der Waals surface area (Å²) in [5, 5.41) is 0. The molecule has 0 amide bonds. The molecule has 2 aromatic rings. The van der Waals surface area contributed by atoms with E-state index >= 15 is 0 Å². The van der Waals surface area contributed by atoms with Gasteiger partial charge in [-0.05, 0) is 44.4 Å². The Hall–Kier alpha value is -1.72. The van der Waals surface area contributed by atoms with Crippen molar-refractivity contribution in [3.05, 3.63) is 53.9 Å². The van der Waals surface area contributed by atoms with Gasteiger partial charge in [0.15, 0.2) is 0 Å². The van der Waals surface area contributed by atoms with Crippen LogP contribution in [-0.2, 0) is 17.8 Å². The molecular formula is C19H26FN3O. The smallest absolute Gasteiger partial charge is 0.123 e. The largest absolute Gasteiger partial charge is 0.381 e. The van der Waals surface area contributed by atoms with E-state index in [0.717, 1.165) is 44.7 Å². The molecule has 0 unspecified atom stereocenters. The molecule has 3 rings (SSSR count). The van der Waals surface area contributed by atoms with Gasteiger partial charge in [0.05, 0.1) is 12.0 Å². The first-order valence-corrected chi connectivity index (χ1v) is 8.70.